The number of hydrogen-bond acceptors (Lipinski definition) is 2. The first-order valence-electron chi connectivity index (χ1n) is 6.33. The minimum Gasteiger partial charge on any atom is -0.326 e. The van der Waals surface area contributed by atoms with Gasteiger partial charge in [-0.05, 0) is 29.7 Å². The van der Waals surface area contributed by atoms with Crippen molar-refractivity contribution in [2.24, 2.45) is 5.73 Å². The van der Waals surface area contributed by atoms with Gasteiger partial charge in [0.05, 0.1) is 6.42 Å². The Morgan fingerprint density at radius 2 is 1.68 bits per heavy atom. The van der Waals surface area contributed by atoms with Gasteiger partial charge >= 0.3 is 0 Å². The van der Waals surface area contributed by atoms with Crippen molar-refractivity contribution in [3.8, 4) is 0 Å². The van der Waals surface area contributed by atoms with Crippen molar-refractivity contribution in [1.29, 1.82) is 0 Å². The van der Waals surface area contributed by atoms with Crippen molar-refractivity contribution < 1.29 is 4.79 Å². The number of benzene rings is 2. The van der Waals surface area contributed by atoms with Crippen molar-refractivity contribution in [2.45, 2.75) is 19.9 Å². The van der Waals surface area contributed by atoms with E-state index in [0.717, 1.165) is 22.4 Å². The maximum absolute atomic E-state index is 12.1. The molecule has 3 nitrogen and oxygen atoms in total. The molecular formula is C16H18N2O. The average Bonchev–Trinajstić information content (AvgIpc) is 2.42. The Hall–Kier alpha value is -2.13. The highest BCUT2D eigenvalue weighted by atomic mass is 16.1. The van der Waals surface area contributed by atoms with Crippen LogP contribution in [0.5, 0.6) is 0 Å². The molecule has 98 valence electrons. The van der Waals surface area contributed by atoms with Crippen LogP contribution in [0.3, 0.4) is 0 Å². The van der Waals surface area contributed by atoms with Gasteiger partial charge in [0.25, 0.3) is 0 Å². The lowest BCUT2D eigenvalue weighted by Crippen LogP contribution is -2.16. The molecule has 0 bridgehead atoms. The predicted molar refractivity (Wildman–Crippen MR) is 77.8 cm³/mol. The quantitative estimate of drug-likeness (QED) is 0.881. The summed E-state index contributed by atoms with van der Waals surface area (Å²) in [4.78, 5) is 12.1. The van der Waals surface area contributed by atoms with Gasteiger partial charge in [0.15, 0.2) is 0 Å². The number of para-hydroxylation sites is 1. The third-order valence-corrected chi connectivity index (χ3v) is 3.11. The number of nitrogens with two attached hydrogens (primary N) is 1. The molecule has 3 N–H and O–H groups in total. The molecular weight excluding hydrogens is 236 g/mol. The number of amides is 1. The fraction of sp³-hybridized carbons (Fsp3) is 0.188. The monoisotopic (exact) mass is 254 g/mol. The normalized spacial score (nSPS) is 10.2. The van der Waals surface area contributed by atoms with Gasteiger partial charge in [0.1, 0.15) is 0 Å². The summed E-state index contributed by atoms with van der Waals surface area (Å²) >= 11 is 0. The van der Waals surface area contributed by atoms with Crippen LogP contribution in [0.4, 0.5) is 5.69 Å². The van der Waals surface area contributed by atoms with E-state index in [0.29, 0.717) is 13.0 Å². The molecule has 0 aliphatic rings. The molecule has 0 unspecified atom stereocenters. The summed E-state index contributed by atoms with van der Waals surface area (Å²) in [6.07, 6.45) is 0.349. The summed E-state index contributed by atoms with van der Waals surface area (Å²) in [6.45, 7) is 2.43. The van der Waals surface area contributed by atoms with Crippen molar-refractivity contribution in [3.05, 3.63) is 65.2 Å². The van der Waals surface area contributed by atoms with E-state index in [1.807, 2.05) is 55.5 Å². The molecule has 1 amide bonds. The second kappa shape index (κ2) is 6.16. The Kier molecular flexibility index (Phi) is 4.31. The summed E-state index contributed by atoms with van der Waals surface area (Å²) in [5, 5.41) is 2.93. The van der Waals surface area contributed by atoms with E-state index in [9.17, 15) is 4.79 Å². The van der Waals surface area contributed by atoms with Crippen LogP contribution in [0.25, 0.3) is 0 Å². The molecule has 2 aromatic rings. The Bertz CT molecular complexity index is 578. The largest absolute Gasteiger partial charge is 0.326 e. The maximum Gasteiger partial charge on any atom is 0.228 e. The first-order valence-corrected chi connectivity index (χ1v) is 6.33. The number of nitrogens with one attached hydrogen (secondary N) is 1. The first-order chi connectivity index (χ1) is 9.20. The van der Waals surface area contributed by atoms with Gasteiger partial charge in [-0.15, -0.1) is 0 Å². The number of hydrogen-bond donors (Lipinski definition) is 2. The highest BCUT2D eigenvalue weighted by Crippen LogP contribution is 2.14. The minimum atomic E-state index is -0.0183. The van der Waals surface area contributed by atoms with E-state index in [2.05, 4.69) is 5.32 Å². The topological polar surface area (TPSA) is 55.1 Å². The van der Waals surface area contributed by atoms with Crippen LogP contribution in [0.2, 0.25) is 0 Å². The Morgan fingerprint density at radius 1 is 1.05 bits per heavy atom. The molecule has 0 radical (unpaired) electrons. The SMILES string of the molecule is Cc1ccccc1NC(=O)Cc1ccccc1CN. The van der Waals surface area contributed by atoms with Crippen LogP contribution in [0.1, 0.15) is 16.7 Å². The fourth-order valence-electron chi connectivity index (χ4n) is 2.01. The molecule has 0 aromatic heterocycles. The van der Waals surface area contributed by atoms with Gasteiger partial charge in [-0.25, -0.2) is 0 Å². The molecule has 0 spiro atoms. The van der Waals surface area contributed by atoms with E-state index in [1.54, 1.807) is 0 Å². The van der Waals surface area contributed by atoms with E-state index >= 15 is 0 Å². The smallest absolute Gasteiger partial charge is 0.228 e. The molecule has 2 aromatic carbocycles. The number of carbonyl (C=O) groups is 1. The van der Waals surface area contributed by atoms with E-state index < -0.39 is 0 Å². The molecule has 0 fully saturated rings. The van der Waals surface area contributed by atoms with Crippen LogP contribution < -0.4 is 11.1 Å². The first kappa shape index (κ1) is 13.3. The molecule has 2 rings (SSSR count). The molecule has 0 atom stereocenters. The number of anilines is 1. The standard InChI is InChI=1S/C16H18N2O/c1-12-6-2-5-9-15(12)18-16(19)10-13-7-3-4-8-14(13)11-17/h2-9H,10-11,17H2,1H3,(H,18,19). The van der Waals surface area contributed by atoms with Gasteiger partial charge in [-0.1, -0.05) is 42.5 Å². The van der Waals surface area contributed by atoms with Crippen LogP contribution in [-0.2, 0) is 17.8 Å². The minimum absolute atomic E-state index is 0.0183. The van der Waals surface area contributed by atoms with Crippen molar-refractivity contribution in [2.75, 3.05) is 5.32 Å². The zero-order valence-electron chi connectivity index (χ0n) is 11.0. The van der Waals surface area contributed by atoms with Gasteiger partial charge in [-0.2, -0.15) is 0 Å². The van der Waals surface area contributed by atoms with Gasteiger partial charge in [-0.3, -0.25) is 4.79 Å². The molecule has 0 heterocycles. The summed E-state index contributed by atoms with van der Waals surface area (Å²) < 4.78 is 0. The Balaban J connectivity index is 2.08. The van der Waals surface area contributed by atoms with Gasteiger partial charge in [0.2, 0.25) is 5.91 Å². The predicted octanol–water partition coefficient (Wildman–Crippen LogP) is 2.63. The highest BCUT2D eigenvalue weighted by molar-refractivity contribution is 5.93. The zero-order chi connectivity index (χ0) is 13.7. The van der Waals surface area contributed by atoms with E-state index in [1.165, 1.54) is 0 Å². The average molecular weight is 254 g/mol. The number of aryl methyl sites for hydroxylation is 1. The molecule has 0 saturated heterocycles. The fourth-order valence-corrected chi connectivity index (χ4v) is 2.01. The molecule has 0 aliphatic heterocycles. The van der Waals surface area contributed by atoms with Crippen LogP contribution >= 0.6 is 0 Å². The maximum atomic E-state index is 12.1. The van der Waals surface area contributed by atoms with Crippen LogP contribution in [0.15, 0.2) is 48.5 Å². The van der Waals surface area contributed by atoms with E-state index in [4.69, 9.17) is 5.73 Å². The lowest BCUT2D eigenvalue weighted by Gasteiger charge is -2.10. The second-order valence-corrected chi connectivity index (χ2v) is 4.51. The highest BCUT2D eigenvalue weighted by Gasteiger charge is 2.08. The molecule has 19 heavy (non-hydrogen) atoms. The van der Waals surface area contributed by atoms with Crippen LogP contribution in [0, 0.1) is 6.92 Å². The second-order valence-electron chi connectivity index (χ2n) is 4.51. The summed E-state index contributed by atoms with van der Waals surface area (Å²) in [5.74, 6) is -0.0183. The summed E-state index contributed by atoms with van der Waals surface area (Å²) in [6, 6.07) is 15.5. The zero-order valence-corrected chi connectivity index (χ0v) is 11.0. The molecule has 3 heteroatoms. The van der Waals surface area contributed by atoms with Gasteiger partial charge in [0, 0.05) is 12.2 Å². The summed E-state index contributed by atoms with van der Waals surface area (Å²) in [7, 11) is 0. The van der Waals surface area contributed by atoms with Gasteiger partial charge < -0.3 is 11.1 Å². The number of rotatable bonds is 4. The molecule has 0 aliphatic carbocycles. The molecule has 0 saturated carbocycles. The lowest BCUT2D eigenvalue weighted by atomic mass is 10.0. The van der Waals surface area contributed by atoms with Crippen molar-refractivity contribution >= 4 is 11.6 Å². The van der Waals surface area contributed by atoms with Crippen LogP contribution in [-0.4, -0.2) is 5.91 Å². The van der Waals surface area contributed by atoms with Crippen molar-refractivity contribution in [3.63, 3.8) is 0 Å². The third-order valence-electron chi connectivity index (χ3n) is 3.11. The number of carbonyl (C=O) groups excluding carboxylic acids is 1. The Morgan fingerprint density at radius 3 is 2.37 bits per heavy atom. The Labute approximate surface area is 113 Å². The third kappa shape index (κ3) is 3.42. The van der Waals surface area contributed by atoms with Crippen molar-refractivity contribution in [1.82, 2.24) is 0 Å². The lowest BCUT2D eigenvalue weighted by molar-refractivity contribution is -0.115. The van der Waals surface area contributed by atoms with E-state index in [-0.39, 0.29) is 5.91 Å². The summed E-state index contributed by atoms with van der Waals surface area (Å²) in [5.41, 5.74) is 9.59.